The molecule has 3 rings (SSSR count). The van der Waals surface area contributed by atoms with E-state index in [-0.39, 0.29) is 5.91 Å². The van der Waals surface area contributed by atoms with E-state index in [9.17, 15) is 4.79 Å². The molecule has 24 heavy (non-hydrogen) atoms. The van der Waals surface area contributed by atoms with Crippen molar-refractivity contribution in [2.75, 3.05) is 13.6 Å². The number of benzene rings is 1. The lowest BCUT2D eigenvalue weighted by molar-refractivity contribution is 0.0796. The maximum absolute atomic E-state index is 12.1. The SMILES string of the molecule is CCN(C)C(=O)c1coc(CN(Cc2ccc(C)cc2)C2CC2)n1. The molecule has 5 heteroatoms. The first-order chi connectivity index (χ1) is 11.6. The number of nitrogens with zero attached hydrogens (tertiary/aromatic N) is 3. The zero-order valence-corrected chi connectivity index (χ0v) is 14.7. The summed E-state index contributed by atoms with van der Waals surface area (Å²) in [6.07, 6.45) is 3.91. The lowest BCUT2D eigenvalue weighted by Gasteiger charge is -2.20. The van der Waals surface area contributed by atoms with Gasteiger partial charge in [0.05, 0.1) is 6.54 Å². The van der Waals surface area contributed by atoms with E-state index >= 15 is 0 Å². The van der Waals surface area contributed by atoms with Gasteiger partial charge in [-0.2, -0.15) is 0 Å². The maximum atomic E-state index is 12.1. The zero-order valence-electron chi connectivity index (χ0n) is 14.7. The fraction of sp³-hybridized carbons (Fsp3) is 0.474. The summed E-state index contributed by atoms with van der Waals surface area (Å²) >= 11 is 0. The maximum Gasteiger partial charge on any atom is 0.275 e. The van der Waals surface area contributed by atoms with Crippen LogP contribution in [0.4, 0.5) is 0 Å². The van der Waals surface area contributed by atoms with Crippen molar-refractivity contribution < 1.29 is 9.21 Å². The fourth-order valence-corrected chi connectivity index (χ4v) is 2.68. The Balaban J connectivity index is 1.67. The van der Waals surface area contributed by atoms with Crippen LogP contribution in [0.5, 0.6) is 0 Å². The molecular formula is C19H25N3O2. The molecule has 1 aromatic heterocycles. The van der Waals surface area contributed by atoms with Gasteiger partial charge in [-0.1, -0.05) is 29.8 Å². The molecular weight excluding hydrogens is 302 g/mol. The highest BCUT2D eigenvalue weighted by Crippen LogP contribution is 2.29. The summed E-state index contributed by atoms with van der Waals surface area (Å²) in [5.41, 5.74) is 2.95. The molecule has 0 unspecified atom stereocenters. The Bertz CT molecular complexity index is 689. The summed E-state index contributed by atoms with van der Waals surface area (Å²) in [7, 11) is 1.77. The third-order valence-electron chi connectivity index (χ3n) is 4.50. The molecule has 2 aromatic rings. The topological polar surface area (TPSA) is 49.6 Å². The van der Waals surface area contributed by atoms with Crippen LogP contribution in [0.15, 0.2) is 34.9 Å². The van der Waals surface area contributed by atoms with Gasteiger partial charge >= 0.3 is 0 Å². The fourth-order valence-electron chi connectivity index (χ4n) is 2.68. The van der Waals surface area contributed by atoms with Gasteiger partial charge < -0.3 is 9.32 Å². The molecule has 0 aliphatic heterocycles. The minimum absolute atomic E-state index is 0.0935. The van der Waals surface area contributed by atoms with Gasteiger partial charge in [0.1, 0.15) is 6.26 Å². The monoisotopic (exact) mass is 327 g/mol. The van der Waals surface area contributed by atoms with Crippen LogP contribution in [0, 0.1) is 6.92 Å². The van der Waals surface area contributed by atoms with E-state index in [2.05, 4.69) is 41.1 Å². The summed E-state index contributed by atoms with van der Waals surface area (Å²) in [6.45, 7) is 6.21. The van der Waals surface area contributed by atoms with E-state index in [4.69, 9.17) is 4.42 Å². The number of hydrogen-bond acceptors (Lipinski definition) is 4. The first-order valence-electron chi connectivity index (χ1n) is 8.56. The van der Waals surface area contributed by atoms with Crippen LogP contribution in [0.25, 0.3) is 0 Å². The predicted octanol–water partition coefficient (Wildman–Crippen LogP) is 3.24. The minimum atomic E-state index is -0.0935. The lowest BCUT2D eigenvalue weighted by Crippen LogP contribution is -2.27. The van der Waals surface area contributed by atoms with Crippen LogP contribution >= 0.6 is 0 Å². The number of carbonyl (C=O) groups is 1. The number of aryl methyl sites for hydroxylation is 1. The van der Waals surface area contributed by atoms with Crippen molar-refractivity contribution in [1.29, 1.82) is 0 Å². The van der Waals surface area contributed by atoms with Crippen LogP contribution in [-0.2, 0) is 13.1 Å². The second kappa shape index (κ2) is 7.18. The molecule has 1 amide bonds. The van der Waals surface area contributed by atoms with Crippen molar-refractivity contribution in [3.05, 3.63) is 53.2 Å². The van der Waals surface area contributed by atoms with Crippen molar-refractivity contribution in [1.82, 2.24) is 14.8 Å². The highest BCUT2D eigenvalue weighted by molar-refractivity contribution is 5.91. The van der Waals surface area contributed by atoms with Gasteiger partial charge in [-0.25, -0.2) is 4.98 Å². The third-order valence-corrected chi connectivity index (χ3v) is 4.50. The van der Waals surface area contributed by atoms with Gasteiger partial charge in [0.2, 0.25) is 5.89 Å². The van der Waals surface area contributed by atoms with E-state index < -0.39 is 0 Å². The van der Waals surface area contributed by atoms with Gasteiger partial charge in [-0.15, -0.1) is 0 Å². The molecule has 1 fully saturated rings. The van der Waals surface area contributed by atoms with Gasteiger partial charge in [-0.05, 0) is 32.3 Å². The van der Waals surface area contributed by atoms with Gasteiger partial charge in [0.25, 0.3) is 5.91 Å². The number of oxazole rings is 1. The molecule has 0 saturated heterocycles. The van der Waals surface area contributed by atoms with Crippen LogP contribution in [-0.4, -0.2) is 40.3 Å². The first kappa shape index (κ1) is 16.7. The van der Waals surface area contributed by atoms with Gasteiger partial charge in [0, 0.05) is 26.2 Å². The summed E-state index contributed by atoms with van der Waals surface area (Å²) in [5.74, 6) is 0.519. The Morgan fingerprint density at radius 2 is 1.96 bits per heavy atom. The summed E-state index contributed by atoms with van der Waals surface area (Å²) < 4.78 is 5.55. The molecule has 5 nitrogen and oxygen atoms in total. The number of carbonyl (C=O) groups excluding carboxylic acids is 1. The van der Waals surface area contributed by atoms with Crippen molar-refractivity contribution in [3.8, 4) is 0 Å². The highest BCUT2D eigenvalue weighted by Gasteiger charge is 2.30. The van der Waals surface area contributed by atoms with E-state index in [1.807, 2.05) is 6.92 Å². The molecule has 1 aromatic carbocycles. The van der Waals surface area contributed by atoms with E-state index in [0.29, 0.717) is 30.7 Å². The largest absolute Gasteiger partial charge is 0.447 e. The molecule has 1 heterocycles. The second-order valence-corrected chi connectivity index (χ2v) is 6.57. The van der Waals surface area contributed by atoms with Gasteiger partial charge in [-0.3, -0.25) is 9.69 Å². The summed E-state index contributed by atoms with van der Waals surface area (Å²) in [4.78, 5) is 20.5. The van der Waals surface area contributed by atoms with Crippen LogP contribution in [0.1, 0.15) is 47.3 Å². The van der Waals surface area contributed by atoms with Crippen molar-refractivity contribution in [3.63, 3.8) is 0 Å². The summed E-state index contributed by atoms with van der Waals surface area (Å²) in [5, 5.41) is 0. The van der Waals surface area contributed by atoms with Gasteiger partial charge in [0.15, 0.2) is 5.69 Å². The quantitative estimate of drug-likeness (QED) is 0.783. The molecule has 0 radical (unpaired) electrons. The summed E-state index contributed by atoms with van der Waals surface area (Å²) in [6, 6.07) is 9.22. The third kappa shape index (κ3) is 4.03. The molecule has 1 saturated carbocycles. The molecule has 0 spiro atoms. The van der Waals surface area contributed by atoms with Crippen LogP contribution in [0.2, 0.25) is 0 Å². The number of rotatable bonds is 7. The molecule has 0 N–H and O–H groups in total. The minimum Gasteiger partial charge on any atom is -0.447 e. The van der Waals surface area contributed by atoms with Crippen molar-refractivity contribution >= 4 is 5.91 Å². The highest BCUT2D eigenvalue weighted by atomic mass is 16.3. The van der Waals surface area contributed by atoms with Crippen molar-refractivity contribution in [2.45, 2.75) is 45.8 Å². The Hall–Kier alpha value is -2.14. The smallest absolute Gasteiger partial charge is 0.275 e. The Morgan fingerprint density at radius 1 is 1.25 bits per heavy atom. The second-order valence-electron chi connectivity index (χ2n) is 6.57. The molecule has 0 bridgehead atoms. The van der Waals surface area contributed by atoms with Crippen molar-refractivity contribution in [2.24, 2.45) is 0 Å². The molecule has 1 aliphatic rings. The van der Waals surface area contributed by atoms with Crippen LogP contribution < -0.4 is 0 Å². The number of aromatic nitrogens is 1. The normalized spacial score (nSPS) is 14.2. The predicted molar refractivity (Wildman–Crippen MR) is 92.6 cm³/mol. The van der Waals surface area contributed by atoms with E-state index in [0.717, 1.165) is 6.54 Å². The van der Waals surface area contributed by atoms with E-state index in [1.54, 1.807) is 11.9 Å². The molecule has 0 atom stereocenters. The average Bonchev–Trinajstić information content (AvgIpc) is 3.34. The van der Waals surface area contributed by atoms with E-state index in [1.165, 1.54) is 30.2 Å². The number of hydrogen-bond donors (Lipinski definition) is 0. The molecule has 1 aliphatic carbocycles. The Labute approximate surface area is 143 Å². The number of amides is 1. The Kier molecular flexibility index (Phi) is 5.00. The lowest BCUT2D eigenvalue weighted by atomic mass is 10.1. The standard InChI is InChI=1S/C19H25N3O2/c1-4-21(3)19(23)17-13-24-18(20-17)12-22(16-9-10-16)11-15-7-5-14(2)6-8-15/h5-8,13,16H,4,9-12H2,1-3H3. The average molecular weight is 327 g/mol. The molecule has 128 valence electrons. The zero-order chi connectivity index (χ0) is 17.1. The first-order valence-corrected chi connectivity index (χ1v) is 8.56. The Morgan fingerprint density at radius 3 is 2.58 bits per heavy atom. The van der Waals surface area contributed by atoms with Crippen LogP contribution in [0.3, 0.4) is 0 Å².